The van der Waals surface area contributed by atoms with Crippen LogP contribution in [-0.4, -0.2) is 23.0 Å². The van der Waals surface area contributed by atoms with Gasteiger partial charge in [-0.2, -0.15) is 0 Å². The van der Waals surface area contributed by atoms with Gasteiger partial charge in [0.2, 0.25) is 0 Å². The fourth-order valence-electron chi connectivity index (χ4n) is 11.2. The van der Waals surface area contributed by atoms with E-state index in [1.165, 1.54) is 54.3 Å². The minimum absolute atomic E-state index is 0. The minimum Gasteiger partial charge on any atom is -0.147 e. The molecule has 0 fully saturated rings. The number of hydrogen-bond acceptors (Lipinski definition) is 0. The van der Waals surface area contributed by atoms with E-state index in [0.29, 0.717) is 7.25 Å². The van der Waals surface area contributed by atoms with E-state index in [2.05, 4.69) is 198 Å². The van der Waals surface area contributed by atoms with E-state index in [4.69, 9.17) is 0 Å². The average Bonchev–Trinajstić information content (AvgIpc) is 3.57. The van der Waals surface area contributed by atoms with Crippen molar-refractivity contribution in [2.75, 3.05) is 0 Å². The second kappa shape index (κ2) is 15.8. The van der Waals surface area contributed by atoms with Crippen LogP contribution >= 0.6 is 24.8 Å². The molecule has 0 spiro atoms. The average molecular weight is 920 g/mol. The standard InChI is InChI=1S/2C23H29Si.C3H7.CH3.2ClH.H2Si.Zr/c2*1-16-21(23(2,3)4)15-18-9-8-10-20(22(16)18)17-11-13-19(14-12-17)24(5,6)7;1-3-2;;;;;/h2*8-15H,1-7H3;1,3H2,2H3;1H3;2*1H;1H2;. The van der Waals surface area contributed by atoms with Gasteiger partial charge in [0.1, 0.15) is 0 Å². The molecule has 0 amide bonds. The van der Waals surface area contributed by atoms with Crippen LogP contribution in [0.15, 0.2) is 96.1 Å². The Balaban J connectivity index is 0.00000348. The van der Waals surface area contributed by atoms with Crippen LogP contribution in [0, 0.1) is 10.8 Å². The summed E-state index contributed by atoms with van der Waals surface area (Å²) in [6.07, 6.45) is 1.23. The molecule has 0 N–H and O–H groups in total. The first-order chi connectivity index (χ1) is 24.8. The second-order valence-corrected chi connectivity index (χ2v) is 60.5. The fourth-order valence-corrected chi connectivity index (χ4v) is 39.6. The Morgan fingerprint density at radius 1 is 0.554 bits per heavy atom. The van der Waals surface area contributed by atoms with E-state index in [9.17, 15) is 0 Å². The van der Waals surface area contributed by atoms with Crippen LogP contribution in [0.2, 0.25) is 48.0 Å². The van der Waals surface area contributed by atoms with Gasteiger partial charge in [0.05, 0.1) is 0 Å². The largest absolute Gasteiger partial charge is 0.147 e. The summed E-state index contributed by atoms with van der Waals surface area (Å²) in [7, 11) is -2.79. The maximum Gasteiger partial charge on any atom is -0.147 e. The van der Waals surface area contributed by atoms with Crippen molar-refractivity contribution in [1.82, 2.24) is 0 Å². The Hall–Kier alpha value is -1.53. The van der Waals surface area contributed by atoms with Gasteiger partial charge in [-0.15, -0.1) is 24.8 Å². The summed E-state index contributed by atoms with van der Waals surface area (Å²) >= 11 is -4.07. The Kier molecular flexibility index (Phi) is 13.3. The van der Waals surface area contributed by atoms with E-state index in [-0.39, 0.29) is 35.6 Å². The van der Waals surface area contributed by atoms with Crippen LogP contribution in [0.3, 0.4) is 0 Å². The van der Waals surface area contributed by atoms with Crippen LogP contribution in [-0.2, 0) is 17.4 Å². The molecule has 4 aromatic rings. The zero-order valence-electron chi connectivity index (χ0n) is 37.7. The van der Waals surface area contributed by atoms with Gasteiger partial charge in [-0.3, -0.25) is 0 Å². The number of halogens is 2. The molecule has 6 heteroatoms. The molecule has 2 aliphatic carbocycles. The molecule has 0 saturated heterocycles. The van der Waals surface area contributed by atoms with E-state index >= 15 is 0 Å². The molecule has 0 saturated carbocycles. The molecule has 56 heavy (non-hydrogen) atoms. The van der Waals surface area contributed by atoms with Crippen molar-refractivity contribution in [3.63, 3.8) is 0 Å². The Labute approximate surface area is 359 Å². The van der Waals surface area contributed by atoms with Gasteiger partial charge in [-0.05, 0) is 0 Å². The molecule has 0 aromatic heterocycles. The molecule has 0 aliphatic heterocycles. The summed E-state index contributed by atoms with van der Waals surface area (Å²) in [6.45, 7) is 39.8. The van der Waals surface area contributed by atoms with Gasteiger partial charge in [0.15, 0.2) is 0 Å². The maximum absolute atomic E-state index is 4.07. The van der Waals surface area contributed by atoms with E-state index < -0.39 is 33.5 Å². The van der Waals surface area contributed by atoms with E-state index in [1.807, 2.05) is 0 Å². The van der Waals surface area contributed by atoms with Crippen molar-refractivity contribution in [3.05, 3.63) is 118 Å². The second-order valence-electron chi connectivity index (χ2n) is 21.9. The molecule has 2 aliphatic rings. The molecule has 302 valence electrons. The SMILES string of the molecule is CC[CH2][Zr]([CH3])(=[SiH2])([CH]1C(C(C)(C)C)=C(C)c2c(-c3ccc([Si](C)(C)C)cc3)cccc21)[CH]1C(C(C)(C)C)=C(C)c2c(-c3ccc([Si](C)(C)C)cc3)cccc21.Cl.Cl. The molecule has 2 unspecified atom stereocenters. The molecular formula is C50H72Cl2Si3Zr. The van der Waals surface area contributed by atoms with Gasteiger partial charge in [0, 0.05) is 0 Å². The van der Waals surface area contributed by atoms with Crippen molar-refractivity contribution in [3.8, 4) is 22.3 Å². The van der Waals surface area contributed by atoms with Crippen molar-refractivity contribution >= 4 is 69.4 Å². The third kappa shape index (κ3) is 8.04. The molecule has 2 atom stereocenters. The van der Waals surface area contributed by atoms with Gasteiger partial charge >= 0.3 is 337 Å². The normalized spacial score (nSPS) is 17.7. The van der Waals surface area contributed by atoms with Crippen molar-refractivity contribution in [2.24, 2.45) is 10.8 Å². The number of benzene rings is 4. The zero-order valence-corrected chi connectivity index (χ0v) is 45.2. The quantitative estimate of drug-likeness (QED) is 0.155. The van der Waals surface area contributed by atoms with Gasteiger partial charge < -0.3 is 0 Å². The minimum atomic E-state index is -4.07. The van der Waals surface area contributed by atoms with E-state index in [1.54, 1.807) is 33.4 Å². The molecule has 4 aromatic carbocycles. The van der Waals surface area contributed by atoms with Crippen LogP contribution in [0.25, 0.3) is 33.4 Å². The molecule has 0 heterocycles. The van der Waals surface area contributed by atoms with Crippen molar-refractivity contribution in [2.45, 2.75) is 124 Å². The number of hydrogen-bond donors (Lipinski definition) is 0. The summed E-state index contributed by atoms with van der Waals surface area (Å²) in [6, 6.07) is 34.1. The summed E-state index contributed by atoms with van der Waals surface area (Å²) in [5.41, 5.74) is 18.5. The summed E-state index contributed by atoms with van der Waals surface area (Å²) in [4.78, 5) is 0. The predicted molar refractivity (Wildman–Crippen MR) is 263 cm³/mol. The topological polar surface area (TPSA) is 0 Å². The van der Waals surface area contributed by atoms with Crippen LogP contribution in [0.1, 0.15) is 98.2 Å². The predicted octanol–water partition coefficient (Wildman–Crippen LogP) is 14.5. The van der Waals surface area contributed by atoms with Crippen LogP contribution in [0.4, 0.5) is 0 Å². The molecule has 6 rings (SSSR count). The first-order valence-corrected chi connectivity index (χ1v) is 40.7. The summed E-state index contributed by atoms with van der Waals surface area (Å²) < 4.78 is 5.22. The molecule has 0 bridgehead atoms. The van der Waals surface area contributed by atoms with Crippen LogP contribution < -0.4 is 10.4 Å². The van der Waals surface area contributed by atoms with Gasteiger partial charge in [-0.1, -0.05) is 0 Å². The van der Waals surface area contributed by atoms with Crippen LogP contribution in [0.5, 0.6) is 0 Å². The monoisotopic (exact) mass is 916 g/mol. The Morgan fingerprint density at radius 3 is 1.14 bits per heavy atom. The van der Waals surface area contributed by atoms with Gasteiger partial charge in [-0.25, -0.2) is 0 Å². The summed E-state index contributed by atoms with van der Waals surface area (Å²) in [5.74, 6) is 0. The first-order valence-electron chi connectivity index (χ1n) is 20.8. The van der Waals surface area contributed by atoms with Crippen molar-refractivity contribution in [1.29, 1.82) is 0 Å². The molecule has 0 nitrogen and oxygen atoms in total. The first kappa shape index (κ1) is 47.2. The van der Waals surface area contributed by atoms with Crippen molar-refractivity contribution < 1.29 is 17.4 Å². The number of rotatable bonds is 8. The number of allylic oxidation sites excluding steroid dienone is 4. The maximum atomic E-state index is 2.92. The third-order valence-corrected chi connectivity index (χ3v) is 40.6. The van der Waals surface area contributed by atoms with E-state index in [0.717, 1.165) is 0 Å². The molecule has 0 radical (unpaired) electrons. The van der Waals surface area contributed by atoms with Gasteiger partial charge in [0.25, 0.3) is 0 Å². The smallest absolute Gasteiger partial charge is 0.147 e. The zero-order chi connectivity index (χ0) is 40.0. The molecular weight excluding hydrogens is 847 g/mol. The fraction of sp³-hybridized carbons (Fsp3) is 0.440. The number of fused-ring (bicyclic) bond motifs is 2. The Bertz CT molecular complexity index is 2100. The third-order valence-electron chi connectivity index (χ3n) is 13.4. The Morgan fingerprint density at radius 2 is 0.875 bits per heavy atom. The summed E-state index contributed by atoms with van der Waals surface area (Å²) in [5, 5.41) is 3.06.